The third-order valence-corrected chi connectivity index (χ3v) is 5.62. The molecule has 0 bridgehead atoms. The van der Waals surface area contributed by atoms with Crippen LogP contribution in [0.3, 0.4) is 0 Å². The van der Waals surface area contributed by atoms with Gasteiger partial charge in [-0.05, 0) is 43.0 Å². The molecule has 0 aliphatic heterocycles. The smallest absolute Gasteiger partial charge is 0.185 e. The molecule has 0 spiro atoms. The van der Waals surface area contributed by atoms with Crippen molar-refractivity contribution in [1.29, 1.82) is 0 Å². The summed E-state index contributed by atoms with van der Waals surface area (Å²) in [4.78, 5) is 19.8. The van der Waals surface area contributed by atoms with Crippen molar-refractivity contribution in [3.63, 3.8) is 0 Å². The van der Waals surface area contributed by atoms with Gasteiger partial charge in [-0.3, -0.25) is 4.79 Å². The minimum atomic E-state index is 0.175. The van der Waals surface area contributed by atoms with Crippen LogP contribution >= 0.6 is 0 Å². The number of carbonyl (C=O) groups is 1. The summed E-state index contributed by atoms with van der Waals surface area (Å²) in [5.41, 5.74) is 6.16. The lowest BCUT2D eigenvalue weighted by Crippen LogP contribution is -2.18. The van der Waals surface area contributed by atoms with Gasteiger partial charge in [0.05, 0.1) is 0 Å². The summed E-state index contributed by atoms with van der Waals surface area (Å²) in [6.45, 7) is 2.22. The van der Waals surface area contributed by atoms with Gasteiger partial charge in [0.1, 0.15) is 0 Å². The normalized spacial score (nSPS) is 20.6. The van der Waals surface area contributed by atoms with Crippen molar-refractivity contribution < 1.29 is 4.79 Å². The number of Topliss-reactive ketones (excluding diaryl/α,β-unsaturated/α-hetero) is 1. The molecule has 0 radical (unpaired) electrons. The van der Waals surface area contributed by atoms with Crippen molar-refractivity contribution in [2.75, 3.05) is 0 Å². The van der Waals surface area contributed by atoms with Gasteiger partial charge in [0, 0.05) is 56.5 Å². The Bertz CT molecular complexity index is 1160. The third kappa shape index (κ3) is 2.89. The van der Waals surface area contributed by atoms with E-state index in [0.29, 0.717) is 5.92 Å². The second-order valence-corrected chi connectivity index (χ2v) is 7.76. The number of ketones is 1. The van der Waals surface area contributed by atoms with E-state index < -0.39 is 0 Å². The van der Waals surface area contributed by atoms with Gasteiger partial charge >= 0.3 is 0 Å². The van der Waals surface area contributed by atoms with Gasteiger partial charge in [-0.1, -0.05) is 43.3 Å². The summed E-state index contributed by atoms with van der Waals surface area (Å²) >= 11 is 0. The molecule has 138 valence electrons. The monoisotopic (exact) mass is 366 g/mol. The Kier molecular flexibility index (Phi) is 4.01. The SMILES string of the molecule is CC1CC(=Cc2c[nH]c3ccccc23)C(=O)C(=Cc2c[nH]c3ccccc23)C1. The summed E-state index contributed by atoms with van der Waals surface area (Å²) < 4.78 is 0. The molecule has 2 aromatic heterocycles. The Balaban J connectivity index is 1.55. The van der Waals surface area contributed by atoms with Crippen LogP contribution in [0.5, 0.6) is 0 Å². The number of nitrogens with one attached hydrogen (secondary N) is 2. The van der Waals surface area contributed by atoms with Gasteiger partial charge in [0.2, 0.25) is 0 Å². The number of hydrogen-bond acceptors (Lipinski definition) is 1. The Morgan fingerprint density at radius 3 is 1.75 bits per heavy atom. The number of aromatic nitrogens is 2. The molecule has 2 aromatic carbocycles. The van der Waals surface area contributed by atoms with Crippen molar-refractivity contribution >= 4 is 39.7 Å². The van der Waals surface area contributed by atoms with Crippen LogP contribution in [0.25, 0.3) is 34.0 Å². The predicted molar refractivity (Wildman–Crippen MR) is 116 cm³/mol. The molecule has 0 amide bonds. The van der Waals surface area contributed by atoms with E-state index in [9.17, 15) is 4.79 Å². The number of benzene rings is 2. The molecule has 4 aromatic rings. The van der Waals surface area contributed by atoms with E-state index in [1.807, 2.05) is 36.7 Å². The number of H-pyrrole nitrogens is 2. The van der Waals surface area contributed by atoms with E-state index in [1.165, 1.54) is 0 Å². The largest absolute Gasteiger partial charge is 0.361 e. The van der Waals surface area contributed by atoms with Gasteiger partial charge in [0.25, 0.3) is 0 Å². The van der Waals surface area contributed by atoms with E-state index in [2.05, 4.69) is 53.3 Å². The highest BCUT2D eigenvalue weighted by Gasteiger charge is 2.25. The van der Waals surface area contributed by atoms with E-state index in [0.717, 1.165) is 56.9 Å². The van der Waals surface area contributed by atoms with Gasteiger partial charge in [0.15, 0.2) is 5.78 Å². The minimum absolute atomic E-state index is 0.175. The third-order valence-electron chi connectivity index (χ3n) is 5.62. The fourth-order valence-corrected chi connectivity index (χ4v) is 4.27. The Morgan fingerprint density at radius 1 is 0.786 bits per heavy atom. The number of allylic oxidation sites excluding steroid dienone is 2. The fraction of sp³-hybridized carbons (Fsp3) is 0.160. The zero-order valence-electron chi connectivity index (χ0n) is 15.8. The molecule has 0 unspecified atom stereocenters. The molecule has 0 saturated heterocycles. The van der Waals surface area contributed by atoms with Crippen LogP contribution in [0, 0.1) is 5.92 Å². The highest BCUT2D eigenvalue weighted by atomic mass is 16.1. The highest BCUT2D eigenvalue weighted by Crippen LogP contribution is 2.34. The van der Waals surface area contributed by atoms with E-state index in [4.69, 9.17) is 0 Å². The number of carbonyl (C=O) groups excluding carboxylic acids is 1. The zero-order chi connectivity index (χ0) is 19.1. The molecule has 3 nitrogen and oxygen atoms in total. The van der Waals surface area contributed by atoms with Crippen LogP contribution in [0.1, 0.15) is 30.9 Å². The first-order valence-corrected chi connectivity index (χ1v) is 9.77. The number of rotatable bonds is 2. The van der Waals surface area contributed by atoms with Crippen LogP contribution < -0.4 is 0 Å². The fourth-order valence-electron chi connectivity index (χ4n) is 4.27. The molecule has 1 fully saturated rings. The Labute approximate surface area is 163 Å². The Morgan fingerprint density at radius 2 is 1.25 bits per heavy atom. The maximum Gasteiger partial charge on any atom is 0.185 e. The lowest BCUT2D eigenvalue weighted by Gasteiger charge is -2.22. The molecule has 0 atom stereocenters. The molecule has 28 heavy (non-hydrogen) atoms. The number of aromatic amines is 2. The first kappa shape index (κ1) is 16.8. The van der Waals surface area contributed by atoms with E-state index >= 15 is 0 Å². The van der Waals surface area contributed by atoms with E-state index in [1.54, 1.807) is 0 Å². The van der Waals surface area contributed by atoms with Crippen molar-refractivity contribution in [2.24, 2.45) is 5.92 Å². The average molecular weight is 366 g/mol. The van der Waals surface area contributed by atoms with Gasteiger partial charge in [-0.25, -0.2) is 0 Å². The van der Waals surface area contributed by atoms with Crippen molar-refractivity contribution in [3.05, 3.63) is 83.2 Å². The van der Waals surface area contributed by atoms with Crippen LogP contribution in [-0.2, 0) is 4.79 Å². The summed E-state index contributed by atoms with van der Waals surface area (Å²) in [6, 6.07) is 16.4. The van der Waals surface area contributed by atoms with E-state index in [-0.39, 0.29) is 5.78 Å². The van der Waals surface area contributed by atoms with Crippen molar-refractivity contribution in [1.82, 2.24) is 9.97 Å². The van der Waals surface area contributed by atoms with Crippen LogP contribution in [0.4, 0.5) is 0 Å². The van der Waals surface area contributed by atoms with Crippen molar-refractivity contribution in [3.8, 4) is 0 Å². The minimum Gasteiger partial charge on any atom is -0.361 e. The molecule has 1 aliphatic carbocycles. The predicted octanol–water partition coefficient (Wildman–Crippen LogP) is 6.12. The lowest BCUT2D eigenvalue weighted by molar-refractivity contribution is -0.113. The summed E-state index contributed by atoms with van der Waals surface area (Å²) in [5, 5.41) is 2.31. The standard InChI is InChI=1S/C25H22N2O/c1-16-10-17(12-19-14-26-23-8-4-2-6-21(19)23)25(28)18(11-16)13-20-15-27-24-9-5-3-7-22(20)24/h2-9,12-16,26-27H,10-11H2,1H3. The maximum atomic E-state index is 13.2. The molecule has 3 heteroatoms. The first-order valence-electron chi connectivity index (χ1n) is 9.77. The van der Waals surface area contributed by atoms with Crippen LogP contribution in [0.2, 0.25) is 0 Å². The molecular weight excluding hydrogens is 344 g/mol. The first-order chi connectivity index (χ1) is 13.7. The quantitative estimate of drug-likeness (QED) is 0.413. The topological polar surface area (TPSA) is 48.6 Å². The summed E-state index contributed by atoms with van der Waals surface area (Å²) in [6.07, 6.45) is 9.77. The van der Waals surface area contributed by atoms with Crippen molar-refractivity contribution in [2.45, 2.75) is 19.8 Å². The molecule has 1 aliphatic rings. The van der Waals surface area contributed by atoms with Gasteiger partial charge < -0.3 is 9.97 Å². The second-order valence-electron chi connectivity index (χ2n) is 7.76. The summed E-state index contributed by atoms with van der Waals surface area (Å²) in [7, 11) is 0. The molecule has 5 rings (SSSR count). The summed E-state index contributed by atoms with van der Waals surface area (Å²) in [5.74, 6) is 0.624. The molecule has 1 saturated carbocycles. The number of fused-ring (bicyclic) bond motifs is 2. The van der Waals surface area contributed by atoms with Crippen LogP contribution in [0.15, 0.2) is 72.1 Å². The van der Waals surface area contributed by atoms with Gasteiger partial charge in [-0.15, -0.1) is 0 Å². The molecule has 2 N–H and O–H groups in total. The average Bonchev–Trinajstić information content (AvgIpc) is 3.30. The Hall–Kier alpha value is -3.33. The maximum absolute atomic E-state index is 13.2. The van der Waals surface area contributed by atoms with Crippen LogP contribution in [-0.4, -0.2) is 15.8 Å². The number of para-hydroxylation sites is 2. The highest BCUT2D eigenvalue weighted by molar-refractivity contribution is 6.15. The molecule has 2 heterocycles. The van der Waals surface area contributed by atoms with Gasteiger partial charge in [-0.2, -0.15) is 0 Å². The number of hydrogen-bond donors (Lipinski definition) is 2. The zero-order valence-corrected chi connectivity index (χ0v) is 15.8. The second kappa shape index (κ2) is 6.68. The lowest BCUT2D eigenvalue weighted by atomic mass is 9.81. The molecular formula is C25H22N2O.